The fourth-order valence-corrected chi connectivity index (χ4v) is 1.84. The summed E-state index contributed by atoms with van der Waals surface area (Å²) in [6.07, 6.45) is 2.11. The molecule has 2 amide bonds. The van der Waals surface area contributed by atoms with Crippen LogP contribution in [0.2, 0.25) is 0 Å². The van der Waals surface area contributed by atoms with Crippen LogP contribution in [-0.2, 0) is 13.5 Å². The van der Waals surface area contributed by atoms with Crippen molar-refractivity contribution in [3.8, 4) is 0 Å². The molecule has 2 heterocycles. The van der Waals surface area contributed by atoms with Crippen LogP contribution in [0.15, 0.2) is 12.4 Å². The van der Waals surface area contributed by atoms with E-state index in [-0.39, 0.29) is 11.4 Å². The monoisotopic (exact) mass is 292 g/mol. The molecule has 9 heteroatoms. The van der Waals surface area contributed by atoms with Crippen LogP contribution in [0.25, 0.3) is 0 Å². The van der Waals surface area contributed by atoms with Crippen molar-refractivity contribution >= 4 is 17.7 Å². The molecule has 0 bridgehead atoms. The van der Waals surface area contributed by atoms with E-state index in [0.29, 0.717) is 18.7 Å². The molecule has 9 nitrogen and oxygen atoms in total. The highest BCUT2D eigenvalue weighted by atomic mass is 16.4. The summed E-state index contributed by atoms with van der Waals surface area (Å²) in [5.41, 5.74) is 0.842. The number of hydrogen-bond donors (Lipinski definition) is 4. The van der Waals surface area contributed by atoms with Crippen molar-refractivity contribution in [2.45, 2.75) is 13.3 Å². The summed E-state index contributed by atoms with van der Waals surface area (Å²) in [5.74, 6) is -0.378. The molecule has 0 fully saturated rings. The normalized spacial score (nSPS) is 10.4. The summed E-state index contributed by atoms with van der Waals surface area (Å²) in [5, 5.41) is 21.8. The molecule has 2 aromatic rings. The lowest BCUT2D eigenvalue weighted by atomic mass is 10.3. The van der Waals surface area contributed by atoms with Crippen molar-refractivity contribution in [2.75, 3.05) is 11.9 Å². The highest BCUT2D eigenvalue weighted by Gasteiger charge is 2.15. The number of nitrogens with one attached hydrogen (secondary N) is 3. The van der Waals surface area contributed by atoms with Crippen molar-refractivity contribution in [1.29, 1.82) is 0 Å². The summed E-state index contributed by atoms with van der Waals surface area (Å²) < 4.78 is 1.76. The van der Waals surface area contributed by atoms with Crippen molar-refractivity contribution in [3.05, 3.63) is 29.6 Å². The van der Waals surface area contributed by atoms with Crippen molar-refractivity contribution in [3.63, 3.8) is 0 Å². The van der Waals surface area contributed by atoms with Gasteiger partial charge >= 0.3 is 12.0 Å². The van der Waals surface area contributed by atoms with Crippen LogP contribution in [0.4, 0.5) is 10.5 Å². The number of aromatic nitrogens is 4. The van der Waals surface area contributed by atoms with Crippen LogP contribution < -0.4 is 10.6 Å². The lowest BCUT2D eigenvalue weighted by Crippen LogP contribution is -2.31. The van der Waals surface area contributed by atoms with E-state index >= 15 is 0 Å². The maximum atomic E-state index is 11.7. The number of carboxylic acids is 1. The zero-order chi connectivity index (χ0) is 15.4. The minimum absolute atomic E-state index is 0.0454. The van der Waals surface area contributed by atoms with E-state index in [2.05, 4.69) is 25.8 Å². The molecule has 4 N–H and O–H groups in total. The number of hydrogen-bond acceptors (Lipinski definition) is 4. The van der Waals surface area contributed by atoms with Crippen molar-refractivity contribution < 1.29 is 14.7 Å². The van der Waals surface area contributed by atoms with Gasteiger partial charge in [0.15, 0.2) is 0 Å². The number of carboxylic acid groups (broad SMARTS) is 1. The predicted octanol–water partition coefficient (Wildman–Crippen LogP) is 0.514. The molecule has 0 saturated heterocycles. The Hall–Kier alpha value is -2.84. The number of aryl methyl sites for hydroxylation is 2. The number of aromatic amines is 1. The number of rotatable bonds is 5. The second-order valence-electron chi connectivity index (χ2n) is 4.54. The number of H-pyrrole nitrogens is 1. The molecule has 112 valence electrons. The molecule has 2 aromatic heterocycles. The molecule has 0 radical (unpaired) electrons. The number of amides is 2. The Morgan fingerprint density at radius 2 is 2.24 bits per heavy atom. The Labute approximate surface area is 120 Å². The van der Waals surface area contributed by atoms with Gasteiger partial charge in [-0.2, -0.15) is 0 Å². The lowest BCUT2D eigenvalue weighted by molar-refractivity contribution is 0.0692. The molecular formula is C12H16N6O3. The van der Waals surface area contributed by atoms with Gasteiger partial charge in [-0.1, -0.05) is 0 Å². The van der Waals surface area contributed by atoms with E-state index < -0.39 is 12.0 Å². The Kier molecular flexibility index (Phi) is 4.21. The van der Waals surface area contributed by atoms with E-state index in [1.807, 2.05) is 7.05 Å². The highest BCUT2D eigenvalue weighted by molar-refractivity contribution is 5.99. The second-order valence-corrected chi connectivity index (χ2v) is 4.54. The van der Waals surface area contributed by atoms with E-state index in [0.717, 1.165) is 5.82 Å². The summed E-state index contributed by atoms with van der Waals surface area (Å²) >= 11 is 0. The molecule has 0 aliphatic carbocycles. The van der Waals surface area contributed by atoms with Gasteiger partial charge in [0.25, 0.3) is 0 Å². The number of anilines is 1. The maximum Gasteiger partial charge on any atom is 0.354 e. The van der Waals surface area contributed by atoms with E-state index in [4.69, 9.17) is 5.11 Å². The number of carbonyl (C=O) groups excluding carboxylic acids is 1. The largest absolute Gasteiger partial charge is 0.477 e. The van der Waals surface area contributed by atoms with Gasteiger partial charge < -0.3 is 25.3 Å². The minimum atomic E-state index is -1.13. The lowest BCUT2D eigenvalue weighted by Gasteiger charge is -2.06. The Morgan fingerprint density at radius 1 is 1.48 bits per heavy atom. The van der Waals surface area contributed by atoms with Gasteiger partial charge in [0.05, 0.1) is 5.69 Å². The van der Waals surface area contributed by atoms with E-state index in [1.54, 1.807) is 23.9 Å². The van der Waals surface area contributed by atoms with Gasteiger partial charge in [-0.25, -0.2) is 9.59 Å². The zero-order valence-electron chi connectivity index (χ0n) is 11.7. The number of nitrogens with zero attached hydrogens (tertiary/aromatic N) is 3. The van der Waals surface area contributed by atoms with Gasteiger partial charge in [0.1, 0.15) is 17.8 Å². The molecule has 21 heavy (non-hydrogen) atoms. The first-order chi connectivity index (χ1) is 9.97. The van der Waals surface area contributed by atoms with Gasteiger partial charge in [-0.3, -0.25) is 0 Å². The van der Waals surface area contributed by atoms with Crippen LogP contribution in [-0.4, -0.2) is 43.4 Å². The Bertz CT molecular complexity index is 660. The molecule has 0 spiro atoms. The summed E-state index contributed by atoms with van der Waals surface area (Å²) in [4.78, 5) is 25.4. The van der Waals surface area contributed by atoms with E-state index in [1.165, 1.54) is 0 Å². The molecular weight excluding hydrogens is 276 g/mol. The van der Waals surface area contributed by atoms with Crippen LogP contribution in [0.1, 0.15) is 22.0 Å². The third-order valence-electron chi connectivity index (χ3n) is 2.85. The first-order valence-electron chi connectivity index (χ1n) is 6.28. The van der Waals surface area contributed by atoms with E-state index in [9.17, 15) is 9.59 Å². The second kappa shape index (κ2) is 6.07. The fraction of sp³-hybridized carbons (Fsp3) is 0.333. The van der Waals surface area contributed by atoms with Crippen molar-refractivity contribution in [2.24, 2.45) is 7.05 Å². The number of urea groups is 1. The van der Waals surface area contributed by atoms with Crippen LogP contribution in [0.3, 0.4) is 0 Å². The third-order valence-corrected chi connectivity index (χ3v) is 2.85. The van der Waals surface area contributed by atoms with Gasteiger partial charge in [-0.15, -0.1) is 10.2 Å². The molecule has 0 aliphatic heterocycles. The molecule has 2 rings (SSSR count). The predicted molar refractivity (Wildman–Crippen MR) is 74.2 cm³/mol. The van der Waals surface area contributed by atoms with Gasteiger partial charge in [0.2, 0.25) is 0 Å². The first-order valence-corrected chi connectivity index (χ1v) is 6.28. The highest BCUT2D eigenvalue weighted by Crippen LogP contribution is 2.16. The van der Waals surface area contributed by atoms with Crippen LogP contribution in [0.5, 0.6) is 0 Å². The SMILES string of the molecule is Cc1cc(NC(=O)NCCc2nncn2C)c(C(=O)O)[nH]1. The number of carbonyl (C=O) groups is 2. The third kappa shape index (κ3) is 3.59. The molecule has 0 aromatic carbocycles. The van der Waals surface area contributed by atoms with Gasteiger partial charge in [0, 0.05) is 25.7 Å². The van der Waals surface area contributed by atoms with Crippen molar-refractivity contribution in [1.82, 2.24) is 25.1 Å². The molecule has 0 saturated carbocycles. The molecule has 0 aliphatic rings. The summed E-state index contributed by atoms with van der Waals surface area (Å²) in [6, 6.07) is 1.09. The van der Waals surface area contributed by atoms with Crippen LogP contribution in [0, 0.1) is 6.92 Å². The maximum absolute atomic E-state index is 11.7. The standard InChI is InChI=1S/C12H16N6O3/c1-7-5-8(10(15-7)11(19)20)16-12(21)13-4-3-9-17-14-6-18(9)2/h5-6,15H,3-4H2,1-2H3,(H,19,20)(H2,13,16,21). The first kappa shape index (κ1) is 14.6. The number of aromatic carboxylic acids is 1. The average molecular weight is 292 g/mol. The Morgan fingerprint density at radius 3 is 2.86 bits per heavy atom. The topological polar surface area (TPSA) is 125 Å². The zero-order valence-corrected chi connectivity index (χ0v) is 11.7. The quantitative estimate of drug-likeness (QED) is 0.639. The summed E-state index contributed by atoms with van der Waals surface area (Å²) in [7, 11) is 1.82. The summed E-state index contributed by atoms with van der Waals surface area (Å²) in [6.45, 7) is 2.08. The van der Waals surface area contributed by atoms with Crippen LogP contribution >= 0.6 is 0 Å². The Balaban J connectivity index is 1.87. The average Bonchev–Trinajstić information content (AvgIpc) is 2.96. The minimum Gasteiger partial charge on any atom is -0.477 e. The fourth-order valence-electron chi connectivity index (χ4n) is 1.84. The smallest absolute Gasteiger partial charge is 0.354 e. The molecule has 0 unspecified atom stereocenters. The van der Waals surface area contributed by atoms with Gasteiger partial charge in [-0.05, 0) is 13.0 Å². The molecule has 0 atom stereocenters.